The van der Waals surface area contributed by atoms with E-state index in [2.05, 4.69) is 6.92 Å². The molecule has 1 heterocycles. The molecule has 1 aliphatic heterocycles. The fourth-order valence-electron chi connectivity index (χ4n) is 8.54. The van der Waals surface area contributed by atoms with Crippen molar-refractivity contribution in [1.82, 2.24) is 0 Å². The van der Waals surface area contributed by atoms with Crippen LogP contribution in [0.2, 0.25) is 0 Å². The summed E-state index contributed by atoms with van der Waals surface area (Å²) in [4.78, 5) is 11.6. The predicted octanol–water partition coefficient (Wildman–Crippen LogP) is 3.46. The van der Waals surface area contributed by atoms with Gasteiger partial charge in [-0.3, -0.25) is 0 Å². The molecule has 0 saturated heterocycles. The molecule has 2 N–H and O–H groups in total. The third-order valence-corrected chi connectivity index (χ3v) is 9.76. The molecule has 5 aliphatic rings. The summed E-state index contributed by atoms with van der Waals surface area (Å²) in [7, 11) is 0. The number of carbonyl (C=O) groups excluding carboxylic acids is 1. The fraction of sp³-hybridized carbons (Fsp3) is 0.870. The molecule has 0 aromatic carbocycles. The molecule has 4 nitrogen and oxygen atoms in total. The lowest BCUT2D eigenvalue weighted by molar-refractivity contribution is -0.152. The zero-order valence-corrected chi connectivity index (χ0v) is 16.5. The standard InChI is InChI=1S/C23H34O4/c1-22-8-7-20-17(3-2-15-11-16(25)6-9-23(15,20)13-24)19(22)5-4-18(22)14-10-21(26)27-12-14/h10,15-20,24-25H,2-9,11-13H2,1H3/t15-,16+,17-,18+,19-,20-,22-,23+/m0/s1. The Hall–Kier alpha value is -0.870. The minimum atomic E-state index is -0.164. The summed E-state index contributed by atoms with van der Waals surface area (Å²) in [6.45, 7) is 3.27. The van der Waals surface area contributed by atoms with Crippen LogP contribution in [0, 0.1) is 40.4 Å². The summed E-state index contributed by atoms with van der Waals surface area (Å²) in [6.07, 6.45) is 11.6. The van der Waals surface area contributed by atoms with Crippen LogP contribution < -0.4 is 0 Å². The van der Waals surface area contributed by atoms with Crippen molar-refractivity contribution < 1.29 is 19.7 Å². The second kappa shape index (κ2) is 6.32. The highest BCUT2D eigenvalue weighted by molar-refractivity contribution is 5.85. The second-order valence-electron chi connectivity index (χ2n) is 10.5. The van der Waals surface area contributed by atoms with Crippen molar-refractivity contribution >= 4 is 5.97 Å². The maximum atomic E-state index is 11.6. The van der Waals surface area contributed by atoms with E-state index < -0.39 is 0 Å². The van der Waals surface area contributed by atoms with Crippen molar-refractivity contribution in [2.45, 2.75) is 70.8 Å². The van der Waals surface area contributed by atoms with E-state index in [1.807, 2.05) is 0 Å². The summed E-state index contributed by atoms with van der Waals surface area (Å²) in [6, 6.07) is 0. The summed E-state index contributed by atoms with van der Waals surface area (Å²) in [5.41, 5.74) is 1.56. The molecule has 0 aromatic heterocycles. The van der Waals surface area contributed by atoms with E-state index in [0.29, 0.717) is 42.8 Å². The van der Waals surface area contributed by atoms with Crippen molar-refractivity contribution in [3.63, 3.8) is 0 Å². The lowest BCUT2D eigenvalue weighted by Crippen LogP contribution is -2.56. The maximum absolute atomic E-state index is 11.6. The number of aliphatic hydroxyl groups excluding tert-OH is 2. The van der Waals surface area contributed by atoms with Crippen molar-refractivity contribution in [3.8, 4) is 0 Å². The lowest BCUT2D eigenvalue weighted by atomic mass is 9.44. The molecular weight excluding hydrogens is 340 g/mol. The molecule has 0 unspecified atom stereocenters. The summed E-state index contributed by atoms with van der Waals surface area (Å²) in [5, 5.41) is 20.7. The number of hydrogen-bond donors (Lipinski definition) is 2. The van der Waals surface area contributed by atoms with Crippen LogP contribution in [0.15, 0.2) is 11.6 Å². The van der Waals surface area contributed by atoms with Gasteiger partial charge in [-0.25, -0.2) is 4.79 Å². The molecule has 0 radical (unpaired) electrons. The molecule has 5 rings (SSSR count). The van der Waals surface area contributed by atoms with Crippen LogP contribution >= 0.6 is 0 Å². The van der Waals surface area contributed by atoms with Crippen LogP contribution in [0.1, 0.15) is 64.7 Å². The molecule has 0 amide bonds. The average Bonchev–Trinajstić information content (AvgIpc) is 3.23. The lowest BCUT2D eigenvalue weighted by Gasteiger charge is -2.61. The van der Waals surface area contributed by atoms with Gasteiger partial charge >= 0.3 is 5.97 Å². The molecule has 4 saturated carbocycles. The Bertz CT molecular complexity index is 657. The Morgan fingerprint density at radius 3 is 2.70 bits per heavy atom. The number of fused-ring (bicyclic) bond motifs is 5. The number of cyclic esters (lactones) is 1. The molecular formula is C23H34O4. The molecule has 4 aliphatic carbocycles. The van der Waals surface area contributed by atoms with E-state index >= 15 is 0 Å². The highest BCUT2D eigenvalue weighted by Gasteiger charge is 2.61. The van der Waals surface area contributed by atoms with Gasteiger partial charge in [0.25, 0.3) is 0 Å². The van der Waals surface area contributed by atoms with Crippen molar-refractivity contribution in [1.29, 1.82) is 0 Å². The number of aliphatic hydroxyl groups is 2. The smallest absolute Gasteiger partial charge is 0.331 e. The minimum Gasteiger partial charge on any atom is -0.458 e. The zero-order valence-electron chi connectivity index (χ0n) is 16.5. The van der Waals surface area contributed by atoms with Gasteiger partial charge in [0, 0.05) is 12.7 Å². The Balaban J connectivity index is 1.43. The molecule has 8 atom stereocenters. The van der Waals surface area contributed by atoms with Crippen LogP contribution in [0.25, 0.3) is 0 Å². The van der Waals surface area contributed by atoms with Gasteiger partial charge in [-0.1, -0.05) is 6.92 Å². The summed E-state index contributed by atoms with van der Waals surface area (Å²) < 4.78 is 5.24. The van der Waals surface area contributed by atoms with Crippen molar-refractivity contribution in [2.75, 3.05) is 13.2 Å². The number of carbonyl (C=O) groups is 1. The van der Waals surface area contributed by atoms with Crippen LogP contribution in [0.3, 0.4) is 0 Å². The number of esters is 1. The van der Waals surface area contributed by atoms with Gasteiger partial charge in [-0.2, -0.15) is 0 Å². The minimum absolute atomic E-state index is 0.0489. The van der Waals surface area contributed by atoms with E-state index in [0.717, 1.165) is 19.3 Å². The van der Waals surface area contributed by atoms with Gasteiger partial charge in [0.2, 0.25) is 0 Å². The third kappa shape index (κ3) is 2.51. The van der Waals surface area contributed by atoms with Gasteiger partial charge in [0.05, 0.1) is 6.10 Å². The first-order valence-electron chi connectivity index (χ1n) is 11.1. The highest BCUT2D eigenvalue weighted by atomic mass is 16.5. The number of ether oxygens (including phenoxy) is 1. The Morgan fingerprint density at radius 1 is 1.11 bits per heavy atom. The first kappa shape index (κ1) is 18.2. The topological polar surface area (TPSA) is 66.8 Å². The van der Waals surface area contributed by atoms with Crippen LogP contribution in [-0.2, 0) is 9.53 Å². The third-order valence-electron chi connectivity index (χ3n) is 9.76. The van der Waals surface area contributed by atoms with Gasteiger partial charge < -0.3 is 14.9 Å². The van der Waals surface area contributed by atoms with E-state index in [1.54, 1.807) is 6.08 Å². The summed E-state index contributed by atoms with van der Waals surface area (Å²) in [5.74, 6) is 2.84. The molecule has 0 bridgehead atoms. The van der Waals surface area contributed by atoms with Gasteiger partial charge in [-0.15, -0.1) is 0 Å². The van der Waals surface area contributed by atoms with E-state index in [4.69, 9.17) is 4.74 Å². The quantitative estimate of drug-likeness (QED) is 0.727. The van der Waals surface area contributed by atoms with Crippen molar-refractivity contribution in [3.05, 3.63) is 11.6 Å². The van der Waals surface area contributed by atoms with E-state index in [-0.39, 0.29) is 22.9 Å². The number of rotatable bonds is 2. The molecule has 27 heavy (non-hydrogen) atoms. The first-order valence-corrected chi connectivity index (χ1v) is 11.1. The molecule has 4 heteroatoms. The number of hydrogen-bond acceptors (Lipinski definition) is 4. The van der Waals surface area contributed by atoms with Gasteiger partial charge in [0.1, 0.15) is 6.61 Å². The Labute approximate surface area is 162 Å². The van der Waals surface area contributed by atoms with Gasteiger partial charge in [0.15, 0.2) is 0 Å². The highest BCUT2D eigenvalue weighted by Crippen LogP contribution is 2.68. The average molecular weight is 375 g/mol. The van der Waals surface area contributed by atoms with Crippen molar-refractivity contribution in [2.24, 2.45) is 40.4 Å². The summed E-state index contributed by atoms with van der Waals surface area (Å²) >= 11 is 0. The Kier molecular flexibility index (Phi) is 4.25. The predicted molar refractivity (Wildman–Crippen MR) is 102 cm³/mol. The molecule has 4 fully saturated rings. The molecule has 0 spiro atoms. The first-order chi connectivity index (χ1) is 13.0. The van der Waals surface area contributed by atoms with Gasteiger partial charge in [-0.05, 0) is 104 Å². The largest absolute Gasteiger partial charge is 0.458 e. The fourth-order valence-corrected chi connectivity index (χ4v) is 8.54. The maximum Gasteiger partial charge on any atom is 0.331 e. The molecule has 150 valence electrons. The second-order valence-corrected chi connectivity index (χ2v) is 10.5. The van der Waals surface area contributed by atoms with E-state index in [1.165, 1.54) is 44.1 Å². The molecule has 0 aromatic rings. The Morgan fingerprint density at radius 2 is 1.96 bits per heavy atom. The zero-order chi connectivity index (χ0) is 18.8. The SMILES string of the molecule is C[C@@]12CC[C@H]3[C@@H](CC[C@H]4C[C@H](O)CC[C@@]43CO)[C@@H]1CC[C@@H]2C1=CC(=O)OC1. The van der Waals surface area contributed by atoms with E-state index in [9.17, 15) is 15.0 Å². The van der Waals surface area contributed by atoms with Crippen LogP contribution in [0.5, 0.6) is 0 Å². The van der Waals surface area contributed by atoms with Crippen LogP contribution in [0.4, 0.5) is 0 Å². The van der Waals surface area contributed by atoms with Crippen LogP contribution in [-0.4, -0.2) is 35.5 Å². The monoisotopic (exact) mass is 374 g/mol. The normalized spacial score (nSPS) is 51.8.